The number of allylic oxidation sites excluding steroid dienone is 1. The third-order valence-electron chi connectivity index (χ3n) is 7.00. The predicted molar refractivity (Wildman–Crippen MR) is 135 cm³/mol. The summed E-state index contributed by atoms with van der Waals surface area (Å²) in [6.07, 6.45) is 5.38. The van der Waals surface area contributed by atoms with Crippen LogP contribution >= 0.6 is 0 Å². The molecule has 1 atom stereocenters. The first-order valence-electron chi connectivity index (χ1n) is 11.6. The fourth-order valence-electron chi connectivity index (χ4n) is 4.52. The lowest BCUT2D eigenvalue weighted by molar-refractivity contribution is 0.400. The van der Waals surface area contributed by atoms with E-state index >= 15 is 0 Å². The molecule has 0 bridgehead atoms. The first-order chi connectivity index (χ1) is 15.0. The molecule has 0 amide bonds. The quantitative estimate of drug-likeness (QED) is 0.260. The third kappa shape index (κ3) is 5.35. The van der Waals surface area contributed by atoms with Gasteiger partial charge < -0.3 is 5.32 Å². The molecule has 0 heterocycles. The lowest BCUT2D eigenvalue weighted by Crippen LogP contribution is -2.33. The van der Waals surface area contributed by atoms with Crippen LogP contribution in [0.3, 0.4) is 0 Å². The summed E-state index contributed by atoms with van der Waals surface area (Å²) in [7, 11) is 0. The van der Waals surface area contributed by atoms with E-state index in [4.69, 9.17) is 0 Å². The number of hydrogen-bond donors (Lipinski definition) is 1. The Kier molecular flexibility index (Phi) is 7.87. The van der Waals surface area contributed by atoms with Crippen LogP contribution < -0.4 is 5.32 Å². The summed E-state index contributed by atoms with van der Waals surface area (Å²) < 4.78 is 0. The Hall–Kier alpha value is -2.64. The number of aryl methyl sites for hydroxylation is 1. The van der Waals surface area contributed by atoms with Gasteiger partial charge in [-0.15, -0.1) is 6.58 Å². The van der Waals surface area contributed by atoms with Gasteiger partial charge in [-0.2, -0.15) is 0 Å². The summed E-state index contributed by atoms with van der Waals surface area (Å²) >= 11 is 0. The zero-order valence-corrected chi connectivity index (χ0v) is 19.4. The topological polar surface area (TPSA) is 12.0 Å². The van der Waals surface area contributed by atoms with Crippen molar-refractivity contribution in [2.24, 2.45) is 0 Å². The summed E-state index contributed by atoms with van der Waals surface area (Å²) in [5.41, 5.74) is 5.39. The molecule has 0 aliphatic rings. The van der Waals surface area contributed by atoms with Gasteiger partial charge in [0, 0.05) is 5.41 Å². The van der Waals surface area contributed by atoms with Gasteiger partial charge >= 0.3 is 0 Å². The second-order valence-electron chi connectivity index (χ2n) is 8.94. The highest BCUT2D eigenvalue weighted by Gasteiger charge is 2.30. The second-order valence-corrected chi connectivity index (χ2v) is 8.94. The molecule has 0 saturated heterocycles. The van der Waals surface area contributed by atoms with E-state index in [0.29, 0.717) is 0 Å². The summed E-state index contributed by atoms with van der Waals surface area (Å²) in [6, 6.07) is 30.6. The fraction of sp³-hybridized carbons (Fsp3) is 0.333. The van der Waals surface area contributed by atoms with Crippen LogP contribution in [0.25, 0.3) is 0 Å². The maximum Gasteiger partial charge on any atom is 0.0391 e. The summed E-state index contributed by atoms with van der Waals surface area (Å²) in [6.45, 7) is 13.1. The highest BCUT2D eigenvalue weighted by Crippen LogP contribution is 2.37. The smallest absolute Gasteiger partial charge is 0.0391 e. The van der Waals surface area contributed by atoms with Crippen LogP contribution in [0, 0.1) is 6.92 Å². The van der Waals surface area contributed by atoms with Gasteiger partial charge in [0.15, 0.2) is 0 Å². The number of rotatable bonds is 11. The van der Waals surface area contributed by atoms with Crippen molar-refractivity contribution < 1.29 is 0 Å². The van der Waals surface area contributed by atoms with E-state index in [0.717, 1.165) is 32.4 Å². The summed E-state index contributed by atoms with van der Waals surface area (Å²) in [5, 5.41) is 3.74. The number of nitrogens with one attached hydrogen (secondary N) is 1. The number of benzene rings is 3. The van der Waals surface area contributed by atoms with Crippen LogP contribution in [-0.2, 0) is 10.8 Å². The van der Waals surface area contributed by atoms with Gasteiger partial charge in [-0.1, -0.05) is 110 Å². The molecular weight excluding hydrogens is 374 g/mol. The Labute approximate surface area is 189 Å². The Morgan fingerprint density at radius 2 is 1.26 bits per heavy atom. The van der Waals surface area contributed by atoms with Gasteiger partial charge in [-0.05, 0) is 61.4 Å². The van der Waals surface area contributed by atoms with Crippen molar-refractivity contribution in [3.63, 3.8) is 0 Å². The van der Waals surface area contributed by atoms with Crippen LogP contribution in [0.5, 0.6) is 0 Å². The molecule has 3 rings (SSSR count). The zero-order chi connectivity index (χ0) is 22.2. The molecule has 1 unspecified atom stereocenters. The van der Waals surface area contributed by atoms with Crippen LogP contribution in [0.2, 0.25) is 0 Å². The van der Waals surface area contributed by atoms with Gasteiger partial charge in [0.05, 0.1) is 0 Å². The highest BCUT2D eigenvalue weighted by molar-refractivity contribution is 5.44. The molecule has 3 aromatic carbocycles. The predicted octanol–water partition coefficient (Wildman–Crippen LogP) is 7.20. The molecule has 31 heavy (non-hydrogen) atoms. The molecule has 0 spiro atoms. The van der Waals surface area contributed by atoms with Crippen molar-refractivity contribution in [1.82, 2.24) is 5.32 Å². The molecular formula is C30H37N. The molecule has 0 aliphatic heterocycles. The first-order valence-corrected chi connectivity index (χ1v) is 11.6. The average Bonchev–Trinajstić information content (AvgIpc) is 2.83. The molecule has 1 N–H and O–H groups in total. The Morgan fingerprint density at radius 3 is 1.74 bits per heavy atom. The minimum atomic E-state index is -0.180. The minimum absolute atomic E-state index is 0.180. The largest absolute Gasteiger partial charge is 0.317 e. The fourth-order valence-corrected chi connectivity index (χ4v) is 4.52. The maximum atomic E-state index is 4.26. The van der Waals surface area contributed by atoms with Gasteiger partial charge in [0.2, 0.25) is 0 Å². The van der Waals surface area contributed by atoms with E-state index in [9.17, 15) is 0 Å². The molecule has 1 nitrogen and oxygen atoms in total. The van der Waals surface area contributed by atoms with Crippen molar-refractivity contribution in [3.8, 4) is 0 Å². The van der Waals surface area contributed by atoms with E-state index < -0.39 is 0 Å². The van der Waals surface area contributed by atoms with Crippen LogP contribution in [0.1, 0.15) is 55.4 Å². The van der Waals surface area contributed by atoms with Crippen LogP contribution in [0.15, 0.2) is 97.6 Å². The molecule has 0 aromatic heterocycles. The van der Waals surface area contributed by atoms with Crippen molar-refractivity contribution in [3.05, 3.63) is 120 Å². The van der Waals surface area contributed by atoms with Crippen LogP contribution in [-0.4, -0.2) is 13.1 Å². The number of hydrogen-bond acceptors (Lipinski definition) is 1. The Balaban J connectivity index is 1.67. The van der Waals surface area contributed by atoms with E-state index in [1.54, 1.807) is 0 Å². The molecule has 0 fully saturated rings. The van der Waals surface area contributed by atoms with Crippen LogP contribution in [0.4, 0.5) is 0 Å². The standard InChI is InChI=1S/C30H37N/c1-5-29(4,26-19-17-25(3)18-20-26)21-23-31-24-22-30(6-2,27-13-9-7-10-14-27)28-15-11-8-12-16-28/h6-20,31H,2,5,21-24H2,1,3-4H3. The molecule has 0 aliphatic carbocycles. The molecule has 162 valence electrons. The second kappa shape index (κ2) is 10.6. The maximum absolute atomic E-state index is 4.26. The average molecular weight is 412 g/mol. The van der Waals surface area contributed by atoms with E-state index in [2.05, 4.69) is 124 Å². The molecule has 1 heteroatoms. The van der Waals surface area contributed by atoms with E-state index in [1.165, 1.54) is 22.3 Å². The van der Waals surface area contributed by atoms with Gasteiger partial charge in [-0.25, -0.2) is 0 Å². The van der Waals surface area contributed by atoms with E-state index in [1.807, 2.05) is 0 Å². The van der Waals surface area contributed by atoms with E-state index in [-0.39, 0.29) is 10.8 Å². The van der Waals surface area contributed by atoms with Gasteiger partial charge in [0.25, 0.3) is 0 Å². The highest BCUT2D eigenvalue weighted by atomic mass is 14.8. The lowest BCUT2D eigenvalue weighted by atomic mass is 9.72. The zero-order valence-electron chi connectivity index (χ0n) is 19.4. The van der Waals surface area contributed by atoms with Gasteiger partial charge in [0.1, 0.15) is 0 Å². The molecule has 0 radical (unpaired) electrons. The summed E-state index contributed by atoms with van der Waals surface area (Å²) in [5.74, 6) is 0. The summed E-state index contributed by atoms with van der Waals surface area (Å²) in [4.78, 5) is 0. The molecule has 0 saturated carbocycles. The van der Waals surface area contributed by atoms with Crippen molar-refractivity contribution in [2.45, 2.75) is 50.9 Å². The van der Waals surface area contributed by atoms with Gasteiger partial charge in [-0.3, -0.25) is 0 Å². The van der Waals surface area contributed by atoms with Crippen molar-refractivity contribution in [1.29, 1.82) is 0 Å². The Bertz CT molecular complexity index is 888. The minimum Gasteiger partial charge on any atom is -0.317 e. The Morgan fingerprint density at radius 1 is 0.742 bits per heavy atom. The first kappa shape index (κ1) is 23.0. The van der Waals surface area contributed by atoms with Crippen molar-refractivity contribution >= 4 is 0 Å². The SMILES string of the molecule is C=CC(CCNCCC(C)(CC)c1ccc(C)cc1)(c1ccccc1)c1ccccc1. The normalized spacial score (nSPS) is 13.5. The monoisotopic (exact) mass is 411 g/mol. The lowest BCUT2D eigenvalue weighted by Gasteiger charge is -2.33. The molecule has 3 aromatic rings. The third-order valence-corrected chi connectivity index (χ3v) is 7.00. The van der Waals surface area contributed by atoms with Crippen molar-refractivity contribution in [2.75, 3.05) is 13.1 Å².